The first-order valence-corrected chi connectivity index (χ1v) is 7.37. The number of rotatable bonds is 6. The summed E-state index contributed by atoms with van der Waals surface area (Å²) in [6, 6.07) is 9.03. The highest BCUT2D eigenvalue weighted by Crippen LogP contribution is 2.23. The first-order valence-electron chi connectivity index (χ1n) is 7.37. The van der Waals surface area contributed by atoms with Crippen LogP contribution in [0.15, 0.2) is 24.3 Å². The molecule has 1 fully saturated rings. The Kier molecular flexibility index (Phi) is 5.37. The molecule has 106 valence electrons. The molecule has 3 heteroatoms. The zero-order valence-corrected chi connectivity index (χ0v) is 12.1. The summed E-state index contributed by atoms with van der Waals surface area (Å²) in [5.74, 6) is 0. The quantitative estimate of drug-likeness (QED) is 0.856. The summed E-state index contributed by atoms with van der Waals surface area (Å²) in [6.45, 7) is 7.89. The third kappa shape index (κ3) is 3.78. The van der Waals surface area contributed by atoms with E-state index in [0.29, 0.717) is 18.7 Å². The van der Waals surface area contributed by atoms with Crippen LogP contribution in [-0.2, 0) is 4.74 Å². The smallest absolute Gasteiger partial charge is 0.0703 e. The summed E-state index contributed by atoms with van der Waals surface area (Å²) < 4.78 is 5.75. The van der Waals surface area contributed by atoms with Gasteiger partial charge in [-0.3, -0.25) is 4.90 Å². The predicted octanol–water partition coefficient (Wildman–Crippen LogP) is 2.50. The van der Waals surface area contributed by atoms with E-state index in [2.05, 4.69) is 43.0 Å². The largest absolute Gasteiger partial charge is 0.377 e. The van der Waals surface area contributed by atoms with E-state index < -0.39 is 0 Å². The Morgan fingerprint density at radius 3 is 2.63 bits per heavy atom. The molecule has 0 aromatic heterocycles. The van der Waals surface area contributed by atoms with Gasteiger partial charge in [0.05, 0.1) is 6.10 Å². The number of ether oxygens (including phenoxy) is 1. The Balaban J connectivity index is 2.06. The topological polar surface area (TPSA) is 38.5 Å². The molecule has 1 aliphatic heterocycles. The molecule has 2 N–H and O–H groups in total. The number of hydrogen-bond donors (Lipinski definition) is 1. The SMILES string of the molecule is CCN(CC1CCCO1)C(CN)c1ccc(C)cc1. The highest BCUT2D eigenvalue weighted by molar-refractivity contribution is 5.24. The van der Waals surface area contributed by atoms with Crippen LogP contribution in [0.2, 0.25) is 0 Å². The van der Waals surface area contributed by atoms with Gasteiger partial charge >= 0.3 is 0 Å². The number of nitrogens with zero attached hydrogens (tertiary/aromatic N) is 1. The maximum Gasteiger partial charge on any atom is 0.0703 e. The van der Waals surface area contributed by atoms with E-state index >= 15 is 0 Å². The van der Waals surface area contributed by atoms with Crippen molar-refractivity contribution in [2.75, 3.05) is 26.2 Å². The Bertz CT molecular complexity index is 371. The molecule has 0 radical (unpaired) electrons. The van der Waals surface area contributed by atoms with Crippen LogP contribution in [0.4, 0.5) is 0 Å². The summed E-state index contributed by atoms with van der Waals surface area (Å²) in [5.41, 5.74) is 8.62. The molecule has 1 aromatic carbocycles. The van der Waals surface area contributed by atoms with Crippen molar-refractivity contribution < 1.29 is 4.74 Å². The second-order valence-corrected chi connectivity index (χ2v) is 5.38. The highest BCUT2D eigenvalue weighted by Gasteiger charge is 2.23. The molecule has 1 aliphatic rings. The fourth-order valence-electron chi connectivity index (χ4n) is 2.81. The van der Waals surface area contributed by atoms with E-state index in [1.807, 2.05) is 0 Å². The van der Waals surface area contributed by atoms with E-state index in [4.69, 9.17) is 10.5 Å². The van der Waals surface area contributed by atoms with E-state index in [9.17, 15) is 0 Å². The third-order valence-electron chi connectivity index (χ3n) is 3.99. The first-order chi connectivity index (χ1) is 9.24. The normalized spacial score (nSPS) is 20.9. The lowest BCUT2D eigenvalue weighted by Crippen LogP contribution is -2.38. The Hall–Kier alpha value is -0.900. The standard InChI is InChI=1S/C16H26N2O/c1-3-18(12-15-5-4-10-19-15)16(11-17)14-8-6-13(2)7-9-14/h6-9,15-16H,3-5,10-12,17H2,1-2H3. The van der Waals surface area contributed by atoms with Crippen molar-refractivity contribution in [2.45, 2.75) is 38.8 Å². The molecule has 0 aliphatic carbocycles. The molecular formula is C16H26N2O. The molecule has 2 rings (SSSR count). The number of nitrogens with two attached hydrogens (primary N) is 1. The third-order valence-corrected chi connectivity index (χ3v) is 3.99. The zero-order chi connectivity index (χ0) is 13.7. The molecule has 0 amide bonds. The maximum absolute atomic E-state index is 6.01. The van der Waals surface area contributed by atoms with Crippen molar-refractivity contribution in [3.63, 3.8) is 0 Å². The predicted molar refractivity (Wildman–Crippen MR) is 79.2 cm³/mol. The molecule has 0 bridgehead atoms. The Morgan fingerprint density at radius 1 is 1.37 bits per heavy atom. The van der Waals surface area contributed by atoms with Crippen molar-refractivity contribution in [3.8, 4) is 0 Å². The fraction of sp³-hybridized carbons (Fsp3) is 0.625. The Labute approximate surface area is 116 Å². The summed E-state index contributed by atoms with van der Waals surface area (Å²) in [5, 5.41) is 0. The minimum atomic E-state index is 0.301. The van der Waals surface area contributed by atoms with Crippen molar-refractivity contribution in [1.29, 1.82) is 0 Å². The Morgan fingerprint density at radius 2 is 2.11 bits per heavy atom. The molecule has 3 nitrogen and oxygen atoms in total. The van der Waals surface area contributed by atoms with Gasteiger partial charge < -0.3 is 10.5 Å². The molecule has 2 unspecified atom stereocenters. The lowest BCUT2D eigenvalue weighted by atomic mass is 10.0. The summed E-state index contributed by atoms with van der Waals surface area (Å²) >= 11 is 0. The van der Waals surface area contributed by atoms with Crippen LogP contribution in [0, 0.1) is 6.92 Å². The van der Waals surface area contributed by atoms with Gasteiger partial charge in [-0.05, 0) is 31.9 Å². The van der Waals surface area contributed by atoms with Gasteiger partial charge in [0.1, 0.15) is 0 Å². The van der Waals surface area contributed by atoms with Gasteiger partial charge in [0.15, 0.2) is 0 Å². The minimum Gasteiger partial charge on any atom is -0.377 e. The molecule has 0 spiro atoms. The number of aryl methyl sites for hydroxylation is 1. The number of benzene rings is 1. The second-order valence-electron chi connectivity index (χ2n) is 5.38. The van der Waals surface area contributed by atoms with E-state index in [-0.39, 0.29) is 0 Å². The lowest BCUT2D eigenvalue weighted by Gasteiger charge is -2.32. The summed E-state index contributed by atoms with van der Waals surface area (Å²) in [7, 11) is 0. The van der Waals surface area contributed by atoms with E-state index in [1.165, 1.54) is 24.0 Å². The van der Waals surface area contributed by atoms with Crippen LogP contribution in [-0.4, -0.2) is 37.2 Å². The molecule has 1 heterocycles. The van der Waals surface area contributed by atoms with Crippen LogP contribution in [0.3, 0.4) is 0 Å². The van der Waals surface area contributed by atoms with Crippen molar-refractivity contribution in [3.05, 3.63) is 35.4 Å². The monoisotopic (exact) mass is 262 g/mol. The van der Waals surface area contributed by atoms with Gasteiger partial charge in [-0.15, -0.1) is 0 Å². The van der Waals surface area contributed by atoms with Gasteiger partial charge in [0, 0.05) is 25.7 Å². The molecule has 1 aromatic rings. The lowest BCUT2D eigenvalue weighted by molar-refractivity contribution is 0.0601. The van der Waals surface area contributed by atoms with Crippen LogP contribution < -0.4 is 5.73 Å². The first kappa shape index (κ1) is 14.5. The van der Waals surface area contributed by atoms with E-state index in [1.54, 1.807) is 0 Å². The average Bonchev–Trinajstić information content (AvgIpc) is 2.93. The maximum atomic E-state index is 6.01. The van der Waals surface area contributed by atoms with Gasteiger partial charge in [-0.1, -0.05) is 36.8 Å². The zero-order valence-electron chi connectivity index (χ0n) is 12.1. The van der Waals surface area contributed by atoms with Crippen LogP contribution >= 0.6 is 0 Å². The van der Waals surface area contributed by atoms with Gasteiger partial charge in [0.25, 0.3) is 0 Å². The van der Waals surface area contributed by atoms with Crippen molar-refractivity contribution in [1.82, 2.24) is 4.90 Å². The fourth-order valence-corrected chi connectivity index (χ4v) is 2.81. The van der Waals surface area contributed by atoms with Crippen molar-refractivity contribution in [2.24, 2.45) is 5.73 Å². The second kappa shape index (κ2) is 7.04. The van der Waals surface area contributed by atoms with E-state index in [0.717, 1.165) is 19.7 Å². The minimum absolute atomic E-state index is 0.301. The molecule has 0 saturated carbocycles. The van der Waals surface area contributed by atoms with Crippen LogP contribution in [0.1, 0.15) is 36.9 Å². The molecule has 2 atom stereocenters. The number of likely N-dealkylation sites (N-methyl/N-ethyl adjacent to an activating group) is 1. The molecular weight excluding hydrogens is 236 g/mol. The van der Waals surface area contributed by atoms with Gasteiger partial charge in [-0.25, -0.2) is 0 Å². The average molecular weight is 262 g/mol. The highest BCUT2D eigenvalue weighted by atomic mass is 16.5. The van der Waals surface area contributed by atoms with Crippen LogP contribution in [0.25, 0.3) is 0 Å². The van der Waals surface area contributed by atoms with Crippen molar-refractivity contribution >= 4 is 0 Å². The number of hydrogen-bond acceptors (Lipinski definition) is 3. The molecule has 19 heavy (non-hydrogen) atoms. The van der Waals surface area contributed by atoms with Crippen LogP contribution in [0.5, 0.6) is 0 Å². The summed E-state index contributed by atoms with van der Waals surface area (Å²) in [6.07, 6.45) is 2.77. The summed E-state index contributed by atoms with van der Waals surface area (Å²) in [4.78, 5) is 2.45. The molecule has 1 saturated heterocycles. The van der Waals surface area contributed by atoms with Gasteiger partial charge in [-0.2, -0.15) is 0 Å². The van der Waals surface area contributed by atoms with Gasteiger partial charge in [0.2, 0.25) is 0 Å².